The Bertz CT molecular complexity index is 533. The summed E-state index contributed by atoms with van der Waals surface area (Å²) in [7, 11) is -3.34. The van der Waals surface area contributed by atoms with Crippen molar-refractivity contribution in [3.8, 4) is 0 Å². The summed E-state index contributed by atoms with van der Waals surface area (Å²) in [6.45, 7) is 7.21. The smallest absolute Gasteiger partial charge is 0.252 e. The van der Waals surface area contributed by atoms with E-state index in [1.807, 2.05) is 26.8 Å². The number of nitrogens with zero attached hydrogens (tertiary/aromatic N) is 1. The van der Waals surface area contributed by atoms with Crippen LogP contribution in [-0.4, -0.2) is 31.4 Å². The fraction of sp³-hybridized carbons (Fsp3) is 0.714. The van der Waals surface area contributed by atoms with Gasteiger partial charge in [0.1, 0.15) is 4.21 Å². The van der Waals surface area contributed by atoms with Gasteiger partial charge in [-0.15, -0.1) is 11.3 Å². The molecule has 1 N–H and O–H groups in total. The maximum absolute atomic E-state index is 12.6. The van der Waals surface area contributed by atoms with Crippen LogP contribution in [0.2, 0.25) is 0 Å². The molecule has 1 aliphatic carbocycles. The molecule has 4 nitrogen and oxygen atoms in total. The number of hydrogen-bond donors (Lipinski definition) is 1. The molecule has 0 spiro atoms. The summed E-state index contributed by atoms with van der Waals surface area (Å²) in [4.78, 5) is 1.09. The Balaban J connectivity index is 2.10. The fourth-order valence-electron chi connectivity index (χ4n) is 2.12. The summed E-state index contributed by atoms with van der Waals surface area (Å²) in [6, 6.07) is 4.31. The highest BCUT2D eigenvalue weighted by Gasteiger charge is 2.28. The van der Waals surface area contributed by atoms with Crippen LogP contribution in [0.3, 0.4) is 0 Å². The zero-order valence-electron chi connectivity index (χ0n) is 12.4. The van der Waals surface area contributed by atoms with Gasteiger partial charge in [0.05, 0.1) is 0 Å². The molecule has 0 atom stereocenters. The van der Waals surface area contributed by atoms with Gasteiger partial charge >= 0.3 is 0 Å². The third-order valence-corrected chi connectivity index (χ3v) is 6.99. The topological polar surface area (TPSA) is 49.4 Å². The average Bonchev–Trinajstić information content (AvgIpc) is 3.09. The minimum absolute atomic E-state index is 0.00455. The van der Waals surface area contributed by atoms with Crippen molar-refractivity contribution < 1.29 is 8.42 Å². The first kappa shape index (κ1) is 15.9. The van der Waals surface area contributed by atoms with Crippen LogP contribution < -0.4 is 5.32 Å². The molecule has 1 fully saturated rings. The van der Waals surface area contributed by atoms with Crippen molar-refractivity contribution in [2.45, 2.75) is 62.9 Å². The number of nitrogens with one attached hydrogen (secondary N) is 1. The van der Waals surface area contributed by atoms with Crippen molar-refractivity contribution in [1.29, 1.82) is 0 Å². The lowest BCUT2D eigenvalue weighted by atomic mass is 10.4. The van der Waals surface area contributed by atoms with Crippen LogP contribution in [0.25, 0.3) is 0 Å². The predicted molar refractivity (Wildman–Crippen MR) is 83.5 cm³/mol. The van der Waals surface area contributed by atoms with Gasteiger partial charge in [-0.25, -0.2) is 8.42 Å². The summed E-state index contributed by atoms with van der Waals surface area (Å²) in [5.74, 6) is 0. The fourth-order valence-corrected chi connectivity index (χ4v) is 5.28. The minimum Gasteiger partial charge on any atom is -0.309 e. The largest absolute Gasteiger partial charge is 0.309 e. The molecule has 1 heterocycles. The molecule has 1 saturated carbocycles. The van der Waals surface area contributed by atoms with Crippen molar-refractivity contribution in [3.63, 3.8) is 0 Å². The minimum atomic E-state index is -3.34. The van der Waals surface area contributed by atoms with Crippen molar-refractivity contribution in [1.82, 2.24) is 9.62 Å². The van der Waals surface area contributed by atoms with E-state index in [-0.39, 0.29) is 6.04 Å². The van der Waals surface area contributed by atoms with Gasteiger partial charge < -0.3 is 5.32 Å². The second kappa shape index (κ2) is 6.56. The van der Waals surface area contributed by atoms with E-state index in [0.29, 0.717) is 16.8 Å². The lowest BCUT2D eigenvalue weighted by Gasteiger charge is -2.24. The van der Waals surface area contributed by atoms with Crippen LogP contribution >= 0.6 is 11.3 Å². The Morgan fingerprint density at radius 1 is 1.40 bits per heavy atom. The van der Waals surface area contributed by atoms with Crippen LogP contribution in [0.4, 0.5) is 0 Å². The normalized spacial score (nSPS) is 16.2. The number of thiophene rings is 1. The summed E-state index contributed by atoms with van der Waals surface area (Å²) in [6.07, 6.45) is 3.32. The van der Waals surface area contributed by atoms with Gasteiger partial charge in [-0.3, -0.25) is 0 Å². The molecule has 0 bridgehead atoms. The van der Waals surface area contributed by atoms with E-state index < -0.39 is 10.0 Å². The molecule has 0 saturated heterocycles. The summed E-state index contributed by atoms with van der Waals surface area (Å²) in [5.41, 5.74) is 0. The Morgan fingerprint density at radius 3 is 2.65 bits per heavy atom. The Kier molecular flexibility index (Phi) is 5.23. The zero-order valence-corrected chi connectivity index (χ0v) is 14.1. The molecule has 0 radical (unpaired) electrons. The van der Waals surface area contributed by atoms with Gasteiger partial charge in [0.25, 0.3) is 10.0 Å². The second-order valence-electron chi connectivity index (χ2n) is 5.59. The van der Waals surface area contributed by atoms with E-state index in [0.717, 1.165) is 17.8 Å². The number of sulfonamides is 1. The highest BCUT2D eigenvalue weighted by molar-refractivity contribution is 7.91. The van der Waals surface area contributed by atoms with Gasteiger partial charge in [0.2, 0.25) is 0 Å². The third kappa shape index (κ3) is 3.81. The van der Waals surface area contributed by atoms with E-state index in [2.05, 4.69) is 5.32 Å². The maximum atomic E-state index is 12.6. The monoisotopic (exact) mass is 316 g/mol. The maximum Gasteiger partial charge on any atom is 0.252 e. The SMILES string of the molecule is CCCN(C(C)C)S(=O)(=O)c1ccc(CNC2CC2)s1. The van der Waals surface area contributed by atoms with Crippen molar-refractivity contribution in [2.75, 3.05) is 6.54 Å². The molecule has 0 amide bonds. The number of rotatable bonds is 8. The lowest BCUT2D eigenvalue weighted by molar-refractivity contribution is 0.355. The lowest BCUT2D eigenvalue weighted by Crippen LogP contribution is -2.37. The van der Waals surface area contributed by atoms with E-state index in [4.69, 9.17) is 0 Å². The first-order valence-corrected chi connectivity index (χ1v) is 9.54. The Morgan fingerprint density at radius 2 is 2.10 bits per heavy atom. The zero-order chi connectivity index (χ0) is 14.8. The molecule has 0 unspecified atom stereocenters. The highest BCUT2D eigenvalue weighted by Crippen LogP contribution is 2.27. The van der Waals surface area contributed by atoms with E-state index in [1.165, 1.54) is 24.2 Å². The molecule has 1 aromatic heterocycles. The van der Waals surface area contributed by atoms with E-state index >= 15 is 0 Å². The van der Waals surface area contributed by atoms with Crippen LogP contribution in [0.5, 0.6) is 0 Å². The molecule has 1 aliphatic rings. The van der Waals surface area contributed by atoms with Crippen molar-refractivity contribution >= 4 is 21.4 Å². The predicted octanol–water partition coefficient (Wildman–Crippen LogP) is 2.81. The first-order chi connectivity index (χ1) is 9.45. The van der Waals surface area contributed by atoms with E-state index in [9.17, 15) is 8.42 Å². The van der Waals surface area contributed by atoms with Gasteiger partial charge in [-0.2, -0.15) is 4.31 Å². The third-order valence-electron chi connectivity index (χ3n) is 3.36. The highest BCUT2D eigenvalue weighted by atomic mass is 32.2. The van der Waals surface area contributed by atoms with Crippen molar-refractivity contribution in [2.24, 2.45) is 0 Å². The Labute approximate surface area is 126 Å². The molecule has 2 rings (SSSR count). The van der Waals surface area contributed by atoms with Gasteiger partial charge in [0, 0.05) is 30.1 Å². The van der Waals surface area contributed by atoms with Gasteiger partial charge in [0.15, 0.2) is 0 Å². The van der Waals surface area contributed by atoms with Gasteiger partial charge in [-0.1, -0.05) is 6.92 Å². The summed E-state index contributed by atoms with van der Waals surface area (Å²) < 4.78 is 27.3. The average molecular weight is 316 g/mol. The molecule has 20 heavy (non-hydrogen) atoms. The standard InChI is InChI=1S/C14H24N2O2S2/c1-4-9-16(11(2)3)20(17,18)14-8-7-13(19-14)10-15-12-5-6-12/h7-8,11-12,15H,4-6,9-10H2,1-3H3. The van der Waals surface area contributed by atoms with Crippen LogP contribution in [0.15, 0.2) is 16.3 Å². The van der Waals surface area contributed by atoms with Crippen LogP contribution in [0.1, 0.15) is 44.9 Å². The first-order valence-electron chi connectivity index (χ1n) is 7.29. The second-order valence-corrected chi connectivity index (χ2v) is 8.87. The Hall–Kier alpha value is -0.430. The summed E-state index contributed by atoms with van der Waals surface area (Å²) >= 11 is 1.39. The van der Waals surface area contributed by atoms with E-state index in [1.54, 1.807) is 10.4 Å². The molecule has 114 valence electrons. The van der Waals surface area contributed by atoms with Crippen LogP contribution in [-0.2, 0) is 16.6 Å². The molecule has 1 aromatic rings. The molecule has 6 heteroatoms. The van der Waals surface area contributed by atoms with Crippen LogP contribution in [0, 0.1) is 0 Å². The molecule has 0 aromatic carbocycles. The molecular formula is C14H24N2O2S2. The number of hydrogen-bond acceptors (Lipinski definition) is 4. The summed E-state index contributed by atoms with van der Waals surface area (Å²) in [5, 5.41) is 3.42. The quantitative estimate of drug-likeness (QED) is 0.802. The van der Waals surface area contributed by atoms with Crippen molar-refractivity contribution in [3.05, 3.63) is 17.0 Å². The molecular weight excluding hydrogens is 292 g/mol. The van der Waals surface area contributed by atoms with Gasteiger partial charge in [-0.05, 0) is 45.2 Å². The molecule has 0 aliphatic heterocycles.